The van der Waals surface area contributed by atoms with Crippen LogP contribution in [0.1, 0.15) is 51.5 Å². The molecule has 29 heavy (non-hydrogen) atoms. The van der Waals surface area contributed by atoms with Crippen molar-refractivity contribution in [2.75, 3.05) is 7.11 Å². The van der Waals surface area contributed by atoms with Crippen molar-refractivity contribution in [2.24, 2.45) is 0 Å². The Kier molecular flexibility index (Phi) is 6.22. The molecule has 2 aromatic carbocycles. The molecule has 3 rings (SSSR count). The van der Waals surface area contributed by atoms with Crippen molar-refractivity contribution in [1.29, 1.82) is 0 Å². The largest absolute Gasteiger partial charge is 0.497 e. The summed E-state index contributed by atoms with van der Waals surface area (Å²) in [4.78, 5) is 12.8. The van der Waals surface area contributed by atoms with Gasteiger partial charge in [0, 0.05) is 0 Å². The van der Waals surface area contributed by atoms with E-state index in [4.69, 9.17) is 14.0 Å². The highest BCUT2D eigenvalue weighted by Crippen LogP contribution is 2.23. The molecule has 1 amide bonds. The number of benzene rings is 2. The fraction of sp³-hybridized carbons (Fsp3) is 0.304. The molecule has 0 bridgehead atoms. The number of aromatic nitrogens is 1. The summed E-state index contributed by atoms with van der Waals surface area (Å²) >= 11 is 0. The molecule has 1 heterocycles. The topological polar surface area (TPSA) is 73.6 Å². The number of nitrogens with zero attached hydrogens (tertiary/aromatic N) is 1. The zero-order valence-corrected chi connectivity index (χ0v) is 17.4. The second-order valence-corrected chi connectivity index (χ2v) is 7.10. The highest BCUT2D eigenvalue weighted by molar-refractivity contribution is 5.94. The van der Waals surface area contributed by atoms with Gasteiger partial charge in [0.15, 0.2) is 5.69 Å². The Morgan fingerprint density at radius 1 is 1.17 bits per heavy atom. The maximum absolute atomic E-state index is 12.8. The van der Waals surface area contributed by atoms with Crippen LogP contribution in [-0.2, 0) is 6.61 Å². The second-order valence-electron chi connectivity index (χ2n) is 7.10. The average Bonchev–Trinajstić information content (AvgIpc) is 3.08. The van der Waals surface area contributed by atoms with E-state index in [-0.39, 0.29) is 24.2 Å². The molecular formula is C23H26N2O4. The smallest absolute Gasteiger partial charge is 0.274 e. The fourth-order valence-electron chi connectivity index (χ4n) is 3.11. The zero-order valence-electron chi connectivity index (χ0n) is 17.4. The van der Waals surface area contributed by atoms with Crippen LogP contribution in [0.5, 0.6) is 11.5 Å². The van der Waals surface area contributed by atoms with Gasteiger partial charge in [0.25, 0.3) is 5.91 Å². The minimum atomic E-state index is -0.309. The number of amides is 1. The molecule has 1 unspecified atom stereocenters. The van der Waals surface area contributed by atoms with Crippen LogP contribution >= 0.6 is 0 Å². The van der Waals surface area contributed by atoms with E-state index in [1.807, 2.05) is 57.2 Å². The molecule has 0 spiro atoms. The van der Waals surface area contributed by atoms with E-state index in [1.54, 1.807) is 14.0 Å². The van der Waals surface area contributed by atoms with Crippen molar-refractivity contribution in [2.45, 2.75) is 40.3 Å². The lowest BCUT2D eigenvalue weighted by molar-refractivity contribution is 0.0928. The molecule has 0 aliphatic carbocycles. The summed E-state index contributed by atoms with van der Waals surface area (Å²) in [5.74, 6) is 1.76. The number of aryl methyl sites for hydroxylation is 3. The Bertz CT molecular complexity index is 1010. The molecule has 6 heteroatoms. The predicted molar refractivity (Wildman–Crippen MR) is 110 cm³/mol. The van der Waals surface area contributed by atoms with Crippen LogP contribution in [0, 0.1) is 20.8 Å². The number of carbonyl (C=O) groups is 1. The van der Waals surface area contributed by atoms with Gasteiger partial charge in [0.1, 0.15) is 23.9 Å². The molecule has 1 aromatic heterocycles. The van der Waals surface area contributed by atoms with Crippen LogP contribution in [-0.4, -0.2) is 18.2 Å². The molecule has 0 saturated carbocycles. The van der Waals surface area contributed by atoms with Crippen molar-refractivity contribution in [3.05, 3.63) is 76.2 Å². The number of hydrogen-bond acceptors (Lipinski definition) is 5. The summed E-state index contributed by atoms with van der Waals surface area (Å²) in [5, 5.41) is 6.92. The minimum absolute atomic E-state index is 0.204. The highest BCUT2D eigenvalue weighted by Gasteiger charge is 2.22. The van der Waals surface area contributed by atoms with Gasteiger partial charge < -0.3 is 19.3 Å². The van der Waals surface area contributed by atoms with Crippen LogP contribution in [0.3, 0.4) is 0 Å². The van der Waals surface area contributed by atoms with Crippen LogP contribution in [0.4, 0.5) is 0 Å². The SMILES string of the molecule is COc1cccc(C(C)NC(=O)c2noc(C)c2COc2ccc(C)cc2C)c1. The standard InChI is InChI=1S/C23H26N2O4/c1-14-9-10-21(15(2)11-14)28-13-20-17(4)29-25-22(20)23(26)24-16(3)18-7-6-8-19(12-18)27-5/h6-12,16H,13H2,1-5H3,(H,24,26). The first kappa shape index (κ1) is 20.5. The van der Waals surface area contributed by atoms with Crippen molar-refractivity contribution >= 4 is 5.91 Å². The van der Waals surface area contributed by atoms with E-state index >= 15 is 0 Å². The van der Waals surface area contributed by atoms with Gasteiger partial charge in [-0.25, -0.2) is 0 Å². The summed E-state index contributed by atoms with van der Waals surface area (Å²) in [6, 6.07) is 13.3. The van der Waals surface area contributed by atoms with E-state index in [0.29, 0.717) is 11.3 Å². The van der Waals surface area contributed by atoms with Gasteiger partial charge in [-0.1, -0.05) is 35.0 Å². The van der Waals surface area contributed by atoms with Crippen LogP contribution in [0.2, 0.25) is 0 Å². The fourth-order valence-corrected chi connectivity index (χ4v) is 3.11. The molecule has 0 radical (unpaired) electrons. The van der Waals surface area contributed by atoms with Gasteiger partial charge in [-0.05, 0) is 57.0 Å². The van der Waals surface area contributed by atoms with E-state index in [0.717, 1.165) is 22.6 Å². The third kappa shape index (κ3) is 4.77. The maximum atomic E-state index is 12.8. The Morgan fingerprint density at radius 3 is 2.69 bits per heavy atom. The molecule has 0 aliphatic rings. The Morgan fingerprint density at radius 2 is 1.97 bits per heavy atom. The average molecular weight is 394 g/mol. The zero-order chi connectivity index (χ0) is 21.0. The molecular weight excluding hydrogens is 368 g/mol. The summed E-state index contributed by atoms with van der Waals surface area (Å²) in [5.41, 5.74) is 4.02. The van der Waals surface area contributed by atoms with E-state index in [2.05, 4.69) is 16.5 Å². The number of rotatable bonds is 7. The minimum Gasteiger partial charge on any atom is -0.497 e. The molecule has 0 aliphatic heterocycles. The Hall–Kier alpha value is -3.28. The molecule has 1 N–H and O–H groups in total. The van der Waals surface area contributed by atoms with Gasteiger partial charge in [-0.2, -0.15) is 0 Å². The number of hydrogen-bond donors (Lipinski definition) is 1. The van der Waals surface area contributed by atoms with E-state index < -0.39 is 0 Å². The van der Waals surface area contributed by atoms with Gasteiger partial charge in [0.05, 0.1) is 18.7 Å². The Balaban J connectivity index is 1.73. The number of methoxy groups -OCH3 is 1. The van der Waals surface area contributed by atoms with Gasteiger partial charge in [-0.3, -0.25) is 4.79 Å². The first-order valence-electron chi connectivity index (χ1n) is 9.49. The van der Waals surface area contributed by atoms with Crippen molar-refractivity contribution in [3.63, 3.8) is 0 Å². The van der Waals surface area contributed by atoms with Crippen LogP contribution in [0.25, 0.3) is 0 Å². The highest BCUT2D eigenvalue weighted by atomic mass is 16.5. The first-order valence-corrected chi connectivity index (χ1v) is 9.49. The monoisotopic (exact) mass is 394 g/mol. The second kappa shape index (κ2) is 8.82. The Labute approximate surface area is 170 Å². The number of ether oxygens (including phenoxy) is 2. The summed E-state index contributed by atoms with van der Waals surface area (Å²) < 4.78 is 16.5. The summed E-state index contributed by atoms with van der Waals surface area (Å²) in [6.45, 7) is 7.91. The summed E-state index contributed by atoms with van der Waals surface area (Å²) in [7, 11) is 1.61. The lowest BCUT2D eigenvalue weighted by atomic mass is 10.1. The first-order chi connectivity index (χ1) is 13.9. The lowest BCUT2D eigenvalue weighted by Gasteiger charge is -2.15. The van der Waals surface area contributed by atoms with Crippen molar-refractivity contribution in [1.82, 2.24) is 10.5 Å². The number of nitrogens with one attached hydrogen (secondary N) is 1. The van der Waals surface area contributed by atoms with Crippen molar-refractivity contribution < 1.29 is 18.8 Å². The normalized spacial score (nSPS) is 11.8. The lowest BCUT2D eigenvalue weighted by Crippen LogP contribution is -2.28. The molecule has 152 valence electrons. The third-order valence-electron chi connectivity index (χ3n) is 4.84. The van der Waals surface area contributed by atoms with Crippen LogP contribution in [0.15, 0.2) is 47.0 Å². The van der Waals surface area contributed by atoms with Gasteiger partial charge in [-0.15, -0.1) is 0 Å². The van der Waals surface area contributed by atoms with Crippen LogP contribution < -0.4 is 14.8 Å². The summed E-state index contributed by atoms with van der Waals surface area (Å²) in [6.07, 6.45) is 0. The molecule has 1 atom stereocenters. The maximum Gasteiger partial charge on any atom is 0.274 e. The predicted octanol–water partition coefficient (Wildman–Crippen LogP) is 4.68. The molecule has 6 nitrogen and oxygen atoms in total. The molecule has 0 fully saturated rings. The van der Waals surface area contributed by atoms with E-state index in [9.17, 15) is 4.79 Å². The van der Waals surface area contributed by atoms with Gasteiger partial charge in [0.2, 0.25) is 0 Å². The quantitative estimate of drug-likeness (QED) is 0.630. The van der Waals surface area contributed by atoms with Gasteiger partial charge >= 0.3 is 0 Å². The van der Waals surface area contributed by atoms with E-state index in [1.165, 1.54) is 5.56 Å². The number of carbonyl (C=O) groups excluding carboxylic acids is 1. The molecule has 0 saturated heterocycles. The third-order valence-corrected chi connectivity index (χ3v) is 4.84. The molecule has 3 aromatic rings. The van der Waals surface area contributed by atoms with Crippen molar-refractivity contribution in [3.8, 4) is 11.5 Å².